The van der Waals surface area contributed by atoms with Crippen LogP contribution in [0.25, 0.3) is 0 Å². The molecule has 15 heavy (non-hydrogen) atoms. The Kier molecular flexibility index (Phi) is 3.66. The Balaban J connectivity index is 2.91. The average Bonchev–Trinajstić information content (AvgIpc) is 2.19. The number of benzene rings is 1. The van der Waals surface area contributed by atoms with Crippen molar-refractivity contribution in [1.82, 2.24) is 0 Å². The van der Waals surface area contributed by atoms with Gasteiger partial charge >= 0.3 is 0 Å². The second-order valence-corrected chi connectivity index (χ2v) is 3.97. The van der Waals surface area contributed by atoms with Gasteiger partial charge in [-0.3, -0.25) is 0 Å². The molecule has 0 aromatic heterocycles. The molecule has 0 fully saturated rings. The number of aliphatic hydroxyl groups excluding tert-OH is 1. The van der Waals surface area contributed by atoms with Crippen molar-refractivity contribution in [2.24, 2.45) is 11.7 Å². The zero-order valence-electron chi connectivity index (χ0n) is 8.81. The summed E-state index contributed by atoms with van der Waals surface area (Å²) in [4.78, 5) is 0. The van der Waals surface area contributed by atoms with Crippen LogP contribution in [0.2, 0.25) is 0 Å². The summed E-state index contributed by atoms with van der Waals surface area (Å²) in [6, 6.07) is 3.25. The van der Waals surface area contributed by atoms with Crippen LogP contribution in [0.15, 0.2) is 18.2 Å². The lowest BCUT2D eigenvalue weighted by atomic mass is 9.94. The van der Waals surface area contributed by atoms with Gasteiger partial charge < -0.3 is 15.9 Å². The van der Waals surface area contributed by atoms with Crippen molar-refractivity contribution in [3.8, 4) is 5.75 Å². The normalized spacial score (nSPS) is 15.3. The van der Waals surface area contributed by atoms with E-state index in [9.17, 15) is 9.50 Å². The van der Waals surface area contributed by atoms with E-state index in [1.165, 1.54) is 12.1 Å². The molecule has 0 radical (unpaired) electrons. The molecule has 0 saturated carbocycles. The summed E-state index contributed by atoms with van der Waals surface area (Å²) >= 11 is 0. The molecule has 1 rings (SSSR count). The van der Waals surface area contributed by atoms with Gasteiger partial charge in [-0.05, 0) is 23.6 Å². The Hall–Kier alpha value is -1.13. The number of phenols is 1. The van der Waals surface area contributed by atoms with Gasteiger partial charge in [0.15, 0.2) is 11.6 Å². The first-order valence-electron chi connectivity index (χ1n) is 4.85. The first kappa shape index (κ1) is 11.9. The molecule has 0 unspecified atom stereocenters. The molecule has 4 heteroatoms. The molecule has 0 aliphatic heterocycles. The summed E-state index contributed by atoms with van der Waals surface area (Å²) in [5, 5.41) is 18.7. The average molecular weight is 213 g/mol. The van der Waals surface area contributed by atoms with Gasteiger partial charge in [0.05, 0.1) is 12.1 Å². The molecule has 4 N–H and O–H groups in total. The van der Waals surface area contributed by atoms with E-state index < -0.39 is 23.7 Å². The van der Waals surface area contributed by atoms with Gasteiger partial charge in [-0.25, -0.2) is 4.39 Å². The van der Waals surface area contributed by atoms with Gasteiger partial charge in [-0.1, -0.05) is 19.9 Å². The molecule has 1 aromatic carbocycles. The molecular weight excluding hydrogens is 197 g/mol. The lowest BCUT2D eigenvalue weighted by Crippen LogP contribution is -2.30. The van der Waals surface area contributed by atoms with E-state index in [0.717, 1.165) is 6.07 Å². The fraction of sp³-hybridized carbons (Fsp3) is 0.455. The van der Waals surface area contributed by atoms with Gasteiger partial charge in [-0.15, -0.1) is 0 Å². The van der Waals surface area contributed by atoms with Crippen molar-refractivity contribution in [2.45, 2.75) is 26.0 Å². The lowest BCUT2D eigenvalue weighted by molar-refractivity contribution is 0.0978. The monoisotopic (exact) mass is 213 g/mol. The summed E-state index contributed by atoms with van der Waals surface area (Å²) in [6.07, 6.45) is -0.728. The zero-order valence-corrected chi connectivity index (χ0v) is 8.81. The third-order valence-corrected chi connectivity index (χ3v) is 2.41. The molecule has 2 atom stereocenters. The molecule has 3 nitrogen and oxygen atoms in total. The summed E-state index contributed by atoms with van der Waals surface area (Å²) in [6.45, 7) is 3.67. The van der Waals surface area contributed by atoms with Crippen molar-refractivity contribution in [3.63, 3.8) is 0 Å². The lowest BCUT2D eigenvalue weighted by Gasteiger charge is -2.22. The summed E-state index contributed by atoms with van der Waals surface area (Å²) in [5.74, 6) is -1.14. The number of hydrogen-bond donors (Lipinski definition) is 3. The van der Waals surface area contributed by atoms with E-state index in [1.807, 2.05) is 13.8 Å². The van der Waals surface area contributed by atoms with E-state index in [1.54, 1.807) is 0 Å². The predicted octanol–water partition coefficient (Wildman–Crippen LogP) is 1.55. The number of aromatic hydroxyl groups is 1. The molecule has 0 heterocycles. The topological polar surface area (TPSA) is 66.5 Å². The van der Waals surface area contributed by atoms with E-state index in [4.69, 9.17) is 10.8 Å². The van der Waals surface area contributed by atoms with Crippen LogP contribution >= 0.6 is 0 Å². The molecular formula is C11H16FNO2. The second kappa shape index (κ2) is 4.59. The number of phenolic OH excluding ortho intramolecular Hbond substituents is 1. The maximum absolute atomic E-state index is 13.0. The van der Waals surface area contributed by atoms with Gasteiger partial charge in [-0.2, -0.15) is 0 Å². The SMILES string of the molecule is CC(C)[C@@H](O)[C@@H](N)c1ccc(O)c(F)c1. The third kappa shape index (κ3) is 2.67. The number of nitrogens with two attached hydrogens (primary N) is 1. The summed E-state index contributed by atoms with van der Waals surface area (Å²) < 4.78 is 13.0. The fourth-order valence-corrected chi connectivity index (χ4v) is 1.34. The van der Waals surface area contributed by atoms with Crippen LogP contribution in [-0.2, 0) is 0 Å². The smallest absolute Gasteiger partial charge is 0.165 e. The van der Waals surface area contributed by atoms with Crippen LogP contribution in [0.1, 0.15) is 25.5 Å². The van der Waals surface area contributed by atoms with Crippen molar-refractivity contribution >= 4 is 0 Å². The first-order valence-corrected chi connectivity index (χ1v) is 4.85. The van der Waals surface area contributed by atoms with Crippen LogP contribution in [0.4, 0.5) is 4.39 Å². The molecule has 0 amide bonds. The summed E-state index contributed by atoms with van der Waals surface area (Å²) in [5.41, 5.74) is 6.24. The van der Waals surface area contributed by atoms with E-state index in [-0.39, 0.29) is 5.92 Å². The molecule has 1 aromatic rings. The minimum absolute atomic E-state index is 0.00290. The molecule has 84 valence electrons. The molecule has 0 saturated heterocycles. The van der Waals surface area contributed by atoms with Crippen LogP contribution in [-0.4, -0.2) is 16.3 Å². The quantitative estimate of drug-likeness (QED) is 0.713. The van der Waals surface area contributed by atoms with Crippen LogP contribution < -0.4 is 5.73 Å². The Bertz CT molecular complexity index is 341. The fourth-order valence-electron chi connectivity index (χ4n) is 1.34. The molecule has 0 aliphatic rings. The minimum atomic E-state index is -0.728. The molecule has 0 aliphatic carbocycles. The Morgan fingerprint density at radius 1 is 1.33 bits per heavy atom. The predicted molar refractivity (Wildman–Crippen MR) is 55.8 cm³/mol. The third-order valence-electron chi connectivity index (χ3n) is 2.41. The minimum Gasteiger partial charge on any atom is -0.505 e. The number of aliphatic hydroxyl groups is 1. The number of halogens is 1. The van der Waals surface area contributed by atoms with E-state index >= 15 is 0 Å². The van der Waals surface area contributed by atoms with E-state index in [2.05, 4.69) is 0 Å². The standard InChI is InChI=1S/C11H16FNO2/c1-6(2)11(15)10(13)7-3-4-9(14)8(12)5-7/h3-6,10-11,14-15H,13H2,1-2H3/t10-,11+/m0/s1. The van der Waals surface area contributed by atoms with Crippen LogP contribution in [0.5, 0.6) is 5.75 Å². The highest BCUT2D eigenvalue weighted by molar-refractivity contribution is 5.30. The largest absolute Gasteiger partial charge is 0.505 e. The van der Waals surface area contributed by atoms with Crippen LogP contribution in [0.3, 0.4) is 0 Å². The molecule has 0 bridgehead atoms. The highest BCUT2D eigenvalue weighted by Crippen LogP contribution is 2.23. The Morgan fingerprint density at radius 3 is 2.40 bits per heavy atom. The molecule has 0 spiro atoms. The van der Waals surface area contributed by atoms with Crippen LogP contribution in [0, 0.1) is 11.7 Å². The highest BCUT2D eigenvalue weighted by Gasteiger charge is 2.20. The van der Waals surface area contributed by atoms with Crippen molar-refractivity contribution in [2.75, 3.05) is 0 Å². The highest BCUT2D eigenvalue weighted by atomic mass is 19.1. The van der Waals surface area contributed by atoms with Crippen molar-refractivity contribution in [1.29, 1.82) is 0 Å². The number of rotatable bonds is 3. The van der Waals surface area contributed by atoms with Gasteiger partial charge in [0.1, 0.15) is 0 Å². The maximum Gasteiger partial charge on any atom is 0.165 e. The maximum atomic E-state index is 13.0. The van der Waals surface area contributed by atoms with Gasteiger partial charge in [0, 0.05) is 0 Å². The van der Waals surface area contributed by atoms with E-state index in [0.29, 0.717) is 5.56 Å². The Labute approximate surface area is 88.4 Å². The van der Waals surface area contributed by atoms with Crippen molar-refractivity contribution < 1.29 is 14.6 Å². The van der Waals surface area contributed by atoms with Gasteiger partial charge in [0.25, 0.3) is 0 Å². The number of hydrogen-bond acceptors (Lipinski definition) is 3. The Morgan fingerprint density at radius 2 is 1.93 bits per heavy atom. The van der Waals surface area contributed by atoms with Gasteiger partial charge in [0.2, 0.25) is 0 Å². The zero-order chi connectivity index (χ0) is 11.6. The summed E-state index contributed by atoms with van der Waals surface area (Å²) in [7, 11) is 0. The second-order valence-electron chi connectivity index (χ2n) is 3.97. The van der Waals surface area contributed by atoms with Crippen molar-refractivity contribution in [3.05, 3.63) is 29.6 Å². The first-order chi connectivity index (χ1) is 6.93.